The zero-order valence-electron chi connectivity index (χ0n) is 8.16. The molecule has 14 heavy (non-hydrogen) atoms. The van der Waals surface area contributed by atoms with Gasteiger partial charge >= 0.3 is 51.4 Å². The van der Waals surface area contributed by atoms with Gasteiger partial charge in [0.25, 0.3) is 0 Å². The van der Waals surface area contributed by atoms with Crippen molar-refractivity contribution in [2.24, 2.45) is 0 Å². The third-order valence-corrected chi connectivity index (χ3v) is 2.07. The van der Waals surface area contributed by atoms with E-state index in [1.165, 1.54) is 0 Å². The van der Waals surface area contributed by atoms with Gasteiger partial charge in [0.2, 0.25) is 0 Å². The van der Waals surface area contributed by atoms with Gasteiger partial charge in [0.15, 0.2) is 0 Å². The molecule has 1 nitrogen and oxygen atoms in total. The predicted molar refractivity (Wildman–Crippen MR) is 53.0 cm³/mol. The molecule has 2 heteroatoms. The number of hydrogen-bond acceptors (Lipinski definition) is 1. The first-order valence-corrected chi connectivity index (χ1v) is 4.12. The van der Waals surface area contributed by atoms with E-state index in [0.29, 0.717) is 5.56 Å². The minimum atomic E-state index is -0.134. The van der Waals surface area contributed by atoms with Gasteiger partial charge in [0, 0.05) is 0 Å². The van der Waals surface area contributed by atoms with Crippen molar-refractivity contribution < 1.29 is 56.5 Å². The molecule has 0 spiro atoms. The molecule has 0 heterocycles. The van der Waals surface area contributed by atoms with Crippen molar-refractivity contribution in [1.29, 1.82) is 0 Å². The first kappa shape index (κ1) is 11.9. The summed E-state index contributed by atoms with van der Waals surface area (Å²) in [6, 6.07) is 13.6. The number of rotatable bonds is 1. The van der Waals surface area contributed by atoms with Gasteiger partial charge in [-0.15, -0.1) is 12.3 Å². The molecule has 2 aromatic carbocycles. The molecule has 0 saturated heterocycles. The summed E-state index contributed by atoms with van der Waals surface area (Å²) in [5.41, 5.74) is 0.665. The van der Waals surface area contributed by atoms with Crippen molar-refractivity contribution in [3.05, 3.63) is 54.6 Å². The van der Waals surface area contributed by atoms with Crippen molar-refractivity contribution in [1.82, 2.24) is 0 Å². The summed E-state index contributed by atoms with van der Waals surface area (Å²) < 4.78 is 0. The third-order valence-electron chi connectivity index (χ3n) is 2.07. The second-order valence-corrected chi connectivity index (χ2v) is 2.99. The van der Waals surface area contributed by atoms with Crippen LogP contribution in [-0.4, -0.2) is 0 Å². The van der Waals surface area contributed by atoms with Gasteiger partial charge in [-0.3, -0.25) is 0 Å². The summed E-state index contributed by atoms with van der Waals surface area (Å²) in [6.45, 7) is 3.38. The van der Waals surface area contributed by atoms with Crippen LogP contribution in [0.3, 0.4) is 0 Å². The molecule has 0 fully saturated rings. The largest absolute Gasteiger partial charge is 1.00 e. The first-order chi connectivity index (χ1) is 6.27. The summed E-state index contributed by atoms with van der Waals surface area (Å²) in [4.78, 5) is 0. The van der Waals surface area contributed by atoms with E-state index in [9.17, 15) is 5.11 Å². The van der Waals surface area contributed by atoms with E-state index in [1.807, 2.05) is 36.4 Å². The van der Waals surface area contributed by atoms with Gasteiger partial charge in [-0.2, -0.15) is 0 Å². The summed E-state index contributed by atoms with van der Waals surface area (Å²) in [5, 5.41) is 13.2. The summed E-state index contributed by atoms with van der Waals surface area (Å²) >= 11 is 0. The van der Waals surface area contributed by atoms with Crippen molar-refractivity contribution in [3.8, 4) is 0 Å². The molecule has 0 N–H and O–H groups in total. The van der Waals surface area contributed by atoms with Crippen LogP contribution in [0.1, 0.15) is 5.56 Å². The van der Waals surface area contributed by atoms with Crippen molar-refractivity contribution in [2.75, 3.05) is 0 Å². The molecule has 0 amide bonds. The molecule has 0 bridgehead atoms. The minimum Gasteiger partial charge on any atom is -0.872 e. The number of fused-ring (bicyclic) bond motifs is 1. The van der Waals surface area contributed by atoms with Gasteiger partial charge in [-0.05, 0) is 22.4 Å². The topological polar surface area (TPSA) is 23.1 Å². The first-order valence-electron chi connectivity index (χ1n) is 4.12. The Bertz CT molecular complexity index is 463. The molecule has 0 unspecified atom stereocenters. The van der Waals surface area contributed by atoms with Crippen LogP contribution in [0.2, 0.25) is 0 Å². The van der Waals surface area contributed by atoms with Crippen molar-refractivity contribution in [2.45, 2.75) is 0 Å². The van der Waals surface area contributed by atoms with Crippen LogP contribution in [0.15, 0.2) is 49.0 Å². The van der Waals surface area contributed by atoms with Gasteiger partial charge in [-0.1, -0.05) is 36.4 Å². The molecule has 0 aliphatic heterocycles. The van der Waals surface area contributed by atoms with Gasteiger partial charge in [0.05, 0.1) is 0 Å². The Morgan fingerprint density at radius 1 is 1.00 bits per heavy atom. The SMILES string of the molecule is C=C([O-])c1ccc2ccccc2c1.[K+]. The van der Waals surface area contributed by atoms with Crippen LogP contribution < -0.4 is 56.5 Å². The van der Waals surface area contributed by atoms with Crippen LogP contribution in [0.4, 0.5) is 0 Å². The molecule has 0 saturated carbocycles. The van der Waals surface area contributed by atoms with E-state index in [0.717, 1.165) is 10.8 Å². The second kappa shape index (κ2) is 5.10. The molecule has 0 radical (unpaired) electrons. The van der Waals surface area contributed by atoms with Crippen molar-refractivity contribution in [3.63, 3.8) is 0 Å². The van der Waals surface area contributed by atoms with Crippen LogP contribution in [-0.2, 0) is 0 Å². The quantitative estimate of drug-likeness (QED) is 0.443. The maximum Gasteiger partial charge on any atom is 1.00 e. The van der Waals surface area contributed by atoms with Crippen LogP contribution >= 0.6 is 0 Å². The van der Waals surface area contributed by atoms with Crippen LogP contribution in [0.25, 0.3) is 16.5 Å². The smallest absolute Gasteiger partial charge is 0.872 e. The molecule has 2 aromatic rings. The Labute approximate surface area is 126 Å². The monoisotopic (exact) mass is 208 g/mol. The maximum atomic E-state index is 11.0. The Morgan fingerprint density at radius 2 is 1.64 bits per heavy atom. The predicted octanol–water partition coefficient (Wildman–Crippen LogP) is -0.825. The Kier molecular flexibility index (Phi) is 4.35. The normalized spacial score (nSPS) is 9.43. The van der Waals surface area contributed by atoms with Gasteiger partial charge in [0.1, 0.15) is 0 Å². The molecular weight excluding hydrogens is 199 g/mol. The average Bonchev–Trinajstić information content (AvgIpc) is 2.17. The molecule has 0 aliphatic rings. The van der Waals surface area contributed by atoms with E-state index in [1.54, 1.807) is 6.07 Å². The minimum absolute atomic E-state index is 0. The fourth-order valence-electron chi connectivity index (χ4n) is 1.36. The zero-order valence-corrected chi connectivity index (χ0v) is 11.3. The van der Waals surface area contributed by atoms with Crippen LogP contribution in [0.5, 0.6) is 0 Å². The van der Waals surface area contributed by atoms with Crippen molar-refractivity contribution >= 4 is 16.5 Å². The molecule has 0 aromatic heterocycles. The van der Waals surface area contributed by atoms with E-state index in [4.69, 9.17) is 0 Å². The van der Waals surface area contributed by atoms with Gasteiger partial charge < -0.3 is 5.11 Å². The molecule has 2 rings (SSSR count). The average molecular weight is 208 g/mol. The maximum absolute atomic E-state index is 11.0. The Hall–Kier alpha value is -0.124. The summed E-state index contributed by atoms with van der Waals surface area (Å²) in [7, 11) is 0. The van der Waals surface area contributed by atoms with E-state index < -0.39 is 0 Å². The van der Waals surface area contributed by atoms with Crippen LogP contribution in [0, 0.1) is 0 Å². The fourth-order valence-corrected chi connectivity index (χ4v) is 1.36. The number of benzene rings is 2. The molecule has 0 aliphatic carbocycles. The summed E-state index contributed by atoms with van der Waals surface area (Å²) in [6.07, 6.45) is 0. The van der Waals surface area contributed by atoms with E-state index >= 15 is 0 Å². The number of hydrogen-bond donors (Lipinski definition) is 0. The van der Waals surface area contributed by atoms with E-state index in [-0.39, 0.29) is 57.1 Å². The molecule has 64 valence electrons. The Balaban J connectivity index is 0.000000980. The standard InChI is InChI=1S/C12H10O.K/c1-9(13)11-7-6-10-4-2-3-5-12(10)8-11;/h2-8,13H,1H2;/q;+1/p-1. The zero-order chi connectivity index (χ0) is 9.26. The van der Waals surface area contributed by atoms with E-state index in [2.05, 4.69) is 6.58 Å². The van der Waals surface area contributed by atoms with Gasteiger partial charge in [-0.25, -0.2) is 0 Å². The Morgan fingerprint density at radius 3 is 2.29 bits per heavy atom. The molecular formula is C12H9KO. The third kappa shape index (κ3) is 2.46. The second-order valence-electron chi connectivity index (χ2n) is 2.99. The fraction of sp³-hybridized carbons (Fsp3) is 0. The molecule has 0 atom stereocenters. The summed E-state index contributed by atoms with van der Waals surface area (Å²) in [5.74, 6) is -0.134.